The van der Waals surface area contributed by atoms with E-state index in [9.17, 15) is 13.2 Å². The zero-order valence-corrected chi connectivity index (χ0v) is 13.2. The summed E-state index contributed by atoms with van der Waals surface area (Å²) >= 11 is 0. The molecule has 0 atom stereocenters. The second-order valence-electron chi connectivity index (χ2n) is 5.48. The van der Waals surface area contributed by atoms with E-state index in [0.29, 0.717) is 13.1 Å². The van der Waals surface area contributed by atoms with Gasteiger partial charge in [0.05, 0.1) is 10.6 Å². The molecule has 1 saturated heterocycles. The molecule has 0 spiro atoms. The Labute approximate surface area is 125 Å². The number of hydrogen-bond donors (Lipinski definition) is 1. The molecule has 1 aromatic carbocycles. The van der Waals surface area contributed by atoms with Gasteiger partial charge in [-0.25, -0.2) is 8.42 Å². The van der Waals surface area contributed by atoms with Gasteiger partial charge in [-0.2, -0.15) is 0 Å². The lowest BCUT2D eigenvalue weighted by Gasteiger charge is -2.32. The maximum atomic E-state index is 12.4. The summed E-state index contributed by atoms with van der Waals surface area (Å²) in [5.74, 6) is -0.881. The van der Waals surface area contributed by atoms with Crippen molar-refractivity contribution in [2.45, 2.75) is 11.8 Å². The first-order valence-corrected chi connectivity index (χ1v) is 8.50. The number of likely N-dealkylation sites (N-methyl/N-ethyl adjacent to an activating group) is 1. The van der Waals surface area contributed by atoms with Crippen molar-refractivity contribution in [1.82, 2.24) is 9.80 Å². The van der Waals surface area contributed by atoms with Gasteiger partial charge in [-0.05, 0) is 31.7 Å². The lowest BCUT2D eigenvalue weighted by molar-refractivity contribution is -0.129. The summed E-state index contributed by atoms with van der Waals surface area (Å²) in [5, 5.41) is 0. The highest BCUT2D eigenvalue weighted by molar-refractivity contribution is 7.92. The maximum Gasteiger partial charge on any atom is 0.238 e. The van der Waals surface area contributed by atoms with Crippen LogP contribution in [0.1, 0.15) is 5.56 Å². The van der Waals surface area contributed by atoms with Gasteiger partial charge in [-0.3, -0.25) is 4.79 Å². The molecule has 6 nitrogen and oxygen atoms in total. The van der Waals surface area contributed by atoms with Gasteiger partial charge in [0.2, 0.25) is 5.91 Å². The van der Waals surface area contributed by atoms with Crippen LogP contribution < -0.4 is 5.73 Å². The van der Waals surface area contributed by atoms with Gasteiger partial charge in [-0.1, -0.05) is 6.07 Å². The Bertz CT molecular complexity index is 635. The Kier molecular flexibility index (Phi) is 4.53. The number of benzene rings is 1. The van der Waals surface area contributed by atoms with Gasteiger partial charge in [-0.15, -0.1) is 0 Å². The van der Waals surface area contributed by atoms with Crippen molar-refractivity contribution < 1.29 is 13.2 Å². The van der Waals surface area contributed by atoms with Crippen LogP contribution in [0, 0.1) is 6.92 Å². The number of rotatable bonds is 3. The third kappa shape index (κ3) is 3.74. The molecule has 0 aromatic heterocycles. The molecule has 21 heavy (non-hydrogen) atoms. The number of anilines is 1. The van der Waals surface area contributed by atoms with Gasteiger partial charge in [0.25, 0.3) is 0 Å². The predicted molar refractivity (Wildman–Crippen MR) is 81.7 cm³/mol. The van der Waals surface area contributed by atoms with Gasteiger partial charge in [0.1, 0.15) is 5.75 Å². The lowest BCUT2D eigenvalue weighted by Crippen LogP contribution is -2.48. The summed E-state index contributed by atoms with van der Waals surface area (Å²) in [6.45, 7) is 4.44. The molecule has 0 aliphatic carbocycles. The van der Waals surface area contributed by atoms with Crippen molar-refractivity contribution in [2.75, 3.05) is 44.7 Å². The van der Waals surface area contributed by atoms with Crippen molar-refractivity contribution in [3.05, 3.63) is 23.8 Å². The summed E-state index contributed by atoms with van der Waals surface area (Å²) in [4.78, 5) is 15.9. The smallest absolute Gasteiger partial charge is 0.238 e. The van der Waals surface area contributed by atoms with E-state index >= 15 is 0 Å². The van der Waals surface area contributed by atoms with Crippen LogP contribution in [0.3, 0.4) is 0 Å². The Morgan fingerprint density at radius 3 is 2.48 bits per heavy atom. The number of aryl methyl sites for hydroxylation is 1. The van der Waals surface area contributed by atoms with Crippen molar-refractivity contribution in [1.29, 1.82) is 0 Å². The highest BCUT2D eigenvalue weighted by Crippen LogP contribution is 2.21. The number of amides is 1. The van der Waals surface area contributed by atoms with Crippen LogP contribution in [-0.4, -0.2) is 63.1 Å². The summed E-state index contributed by atoms with van der Waals surface area (Å²) in [6.07, 6.45) is 0. The van der Waals surface area contributed by atoms with E-state index in [2.05, 4.69) is 4.90 Å². The van der Waals surface area contributed by atoms with Crippen molar-refractivity contribution in [3.8, 4) is 0 Å². The van der Waals surface area contributed by atoms with Crippen LogP contribution in [0.2, 0.25) is 0 Å². The fourth-order valence-corrected chi connectivity index (χ4v) is 3.75. The summed E-state index contributed by atoms with van der Waals surface area (Å²) < 4.78 is 24.8. The first-order valence-electron chi connectivity index (χ1n) is 6.85. The number of nitrogen functional groups attached to an aromatic ring is 1. The van der Waals surface area contributed by atoms with E-state index in [0.717, 1.165) is 18.7 Å². The average Bonchev–Trinajstić information content (AvgIpc) is 2.41. The monoisotopic (exact) mass is 311 g/mol. The second kappa shape index (κ2) is 6.03. The third-order valence-corrected chi connectivity index (χ3v) is 5.32. The van der Waals surface area contributed by atoms with Crippen LogP contribution in [-0.2, 0) is 14.6 Å². The third-order valence-electron chi connectivity index (χ3n) is 3.67. The van der Waals surface area contributed by atoms with E-state index in [1.54, 1.807) is 24.0 Å². The number of nitrogens with zero attached hydrogens (tertiary/aromatic N) is 2. The zero-order chi connectivity index (χ0) is 15.6. The average molecular weight is 311 g/mol. The van der Waals surface area contributed by atoms with Crippen molar-refractivity contribution in [2.24, 2.45) is 0 Å². The van der Waals surface area contributed by atoms with Gasteiger partial charge < -0.3 is 15.5 Å². The molecule has 1 heterocycles. The van der Waals surface area contributed by atoms with E-state index in [4.69, 9.17) is 5.73 Å². The number of nitrogens with two attached hydrogens (primary N) is 1. The fourth-order valence-electron chi connectivity index (χ4n) is 2.30. The molecule has 1 aliphatic rings. The van der Waals surface area contributed by atoms with Gasteiger partial charge in [0.15, 0.2) is 9.84 Å². The minimum atomic E-state index is -3.71. The number of sulfone groups is 1. The molecule has 2 N–H and O–H groups in total. The van der Waals surface area contributed by atoms with Crippen LogP contribution in [0.4, 0.5) is 5.69 Å². The number of hydrogen-bond acceptors (Lipinski definition) is 5. The van der Waals surface area contributed by atoms with Crippen molar-refractivity contribution in [3.63, 3.8) is 0 Å². The summed E-state index contributed by atoms with van der Waals surface area (Å²) in [5.41, 5.74) is 6.72. The molecule has 0 radical (unpaired) electrons. The predicted octanol–water partition coefficient (Wildman–Crippen LogP) is 0.125. The van der Waals surface area contributed by atoms with Crippen LogP contribution in [0.25, 0.3) is 0 Å². The van der Waals surface area contributed by atoms with Gasteiger partial charge >= 0.3 is 0 Å². The molecule has 1 aliphatic heterocycles. The van der Waals surface area contributed by atoms with Crippen LogP contribution >= 0.6 is 0 Å². The Hall–Kier alpha value is -1.60. The molecule has 1 amide bonds. The summed E-state index contributed by atoms with van der Waals surface area (Å²) in [7, 11) is -1.73. The topological polar surface area (TPSA) is 83.7 Å². The standard InChI is InChI=1S/C14H21N3O3S/c1-11-3-4-12(15)13(9-11)21(19,20)10-14(18)17-7-5-16(2)6-8-17/h3-4,9H,5-8,10,15H2,1-2H3. The lowest BCUT2D eigenvalue weighted by atomic mass is 10.2. The highest BCUT2D eigenvalue weighted by Gasteiger charge is 2.26. The van der Waals surface area contributed by atoms with Crippen LogP contribution in [0.15, 0.2) is 23.1 Å². The Morgan fingerprint density at radius 2 is 1.86 bits per heavy atom. The Morgan fingerprint density at radius 1 is 1.24 bits per heavy atom. The van der Waals surface area contributed by atoms with E-state index in [1.807, 2.05) is 7.05 Å². The van der Waals surface area contributed by atoms with Crippen molar-refractivity contribution >= 4 is 21.4 Å². The molecule has 2 rings (SSSR count). The van der Waals surface area contributed by atoms with E-state index in [1.165, 1.54) is 6.07 Å². The molecule has 0 unspecified atom stereocenters. The van der Waals surface area contributed by atoms with E-state index in [-0.39, 0.29) is 16.5 Å². The number of piperazine rings is 1. The SMILES string of the molecule is Cc1ccc(N)c(S(=O)(=O)CC(=O)N2CCN(C)CC2)c1. The first-order chi connectivity index (χ1) is 9.79. The Balaban J connectivity index is 2.14. The molecule has 0 saturated carbocycles. The molecular weight excluding hydrogens is 290 g/mol. The molecule has 1 fully saturated rings. The minimum Gasteiger partial charge on any atom is -0.398 e. The molecule has 116 valence electrons. The van der Waals surface area contributed by atoms with E-state index < -0.39 is 15.6 Å². The van der Waals surface area contributed by atoms with Gasteiger partial charge in [0, 0.05) is 26.2 Å². The van der Waals surface area contributed by atoms with Crippen LogP contribution in [0.5, 0.6) is 0 Å². The normalized spacial score (nSPS) is 17.0. The molecule has 0 bridgehead atoms. The number of carbonyl (C=O) groups excluding carboxylic acids is 1. The molecule has 1 aromatic rings. The minimum absolute atomic E-state index is 0.0463. The zero-order valence-electron chi connectivity index (χ0n) is 12.4. The quantitative estimate of drug-likeness (QED) is 0.802. The molecule has 7 heteroatoms. The largest absolute Gasteiger partial charge is 0.398 e. The fraction of sp³-hybridized carbons (Fsp3) is 0.500. The first kappa shape index (κ1) is 15.8. The summed E-state index contributed by atoms with van der Waals surface area (Å²) in [6, 6.07) is 4.82. The highest BCUT2D eigenvalue weighted by atomic mass is 32.2. The maximum absolute atomic E-state index is 12.4. The number of carbonyl (C=O) groups is 1. The molecular formula is C14H21N3O3S. The second-order valence-corrected chi connectivity index (χ2v) is 7.44.